The van der Waals surface area contributed by atoms with Crippen molar-refractivity contribution in [3.8, 4) is 11.4 Å². The molecule has 0 aliphatic carbocycles. The van der Waals surface area contributed by atoms with E-state index in [2.05, 4.69) is 19.8 Å². The Morgan fingerprint density at radius 1 is 1.10 bits per heavy atom. The number of rotatable bonds is 6. The third kappa shape index (κ3) is 5.13. The summed E-state index contributed by atoms with van der Waals surface area (Å²) >= 11 is 4.79. The van der Waals surface area contributed by atoms with Crippen LogP contribution >= 0.6 is 18.9 Å². The molecule has 0 spiro atoms. The number of anilines is 1. The maximum absolute atomic E-state index is 14.4. The number of alkyl halides is 3. The van der Waals surface area contributed by atoms with E-state index in [1.54, 1.807) is 0 Å². The summed E-state index contributed by atoms with van der Waals surface area (Å²) in [6.45, 7) is 1.32. The zero-order valence-electron chi connectivity index (χ0n) is 14.6. The van der Waals surface area contributed by atoms with Crippen molar-refractivity contribution < 1.29 is 31.0 Å². The number of hydrogen-bond acceptors (Lipinski definition) is 4. The molecule has 0 fully saturated rings. The fourth-order valence-corrected chi connectivity index (χ4v) is 4.22. The molecule has 2 aromatic carbocycles. The third-order valence-electron chi connectivity index (χ3n) is 3.74. The Balaban J connectivity index is 1.78. The minimum absolute atomic E-state index is 0.0426. The zero-order chi connectivity index (χ0) is 21.4. The molecule has 0 bridgehead atoms. The van der Waals surface area contributed by atoms with Crippen molar-refractivity contribution in [1.82, 2.24) is 10.1 Å². The van der Waals surface area contributed by atoms with E-state index in [1.165, 1.54) is 24.9 Å². The van der Waals surface area contributed by atoms with Crippen molar-refractivity contribution in [2.75, 3.05) is 11.8 Å². The molecule has 12 heteroatoms. The molecule has 3 aromatic rings. The second kappa shape index (κ2) is 7.76. The molecule has 154 valence electrons. The molecule has 0 saturated heterocycles. The van der Waals surface area contributed by atoms with Crippen LogP contribution in [-0.2, 0) is 16.1 Å². The van der Waals surface area contributed by atoms with Gasteiger partial charge < -0.3 is 14.2 Å². The van der Waals surface area contributed by atoms with Gasteiger partial charge in [-0.2, -0.15) is 13.8 Å². The molecule has 0 saturated carbocycles. The van der Waals surface area contributed by atoms with E-state index in [0.29, 0.717) is 0 Å². The summed E-state index contributed by atoms with van der Waals surface area (Å²) < 4.78 is 83.7. The smallest absolute Gasteiger partial charge is 0.336 e. The van der Waals surface area contributed by atoms with Gasteiger partial charge >= 0.3 is 11.3 Å². The number of benzene rings is 2. The first-order valence-corrected chi connectivity index (χ1v) is 10.7. The Bertz CT molecular complexity index is 1100. The maximum Gasteiger partial charge on any atom is 0.400 e. The van der Waals surface area contributed by atoms with Crippen LogP contribution in [0.3, 0.4) is 0 Å². The Morgan fingerprint density at radius 2 is 1.83 bits per heavy atom. The summed E-state index contributed by atoms with van der Waals surface area (Å²) in [4.78, 5) is 3.41. The highest BCUT2D eigenvalue weighted by Crippen LogP contribution is 2.45. The number of nitrogens with zero attached hydrogens (tertiary/aromatic N) is 2. The standard InChI is InChI=1S/C17H12ClF5N3O2P/c1-29(27,26-11-4-5-12(19)14(21)7-11)8-10-3-2-9(6-13(10)20)15-24-16(28-25-15)17(18,22)23/h2-7H,8H2,1H3,(H,26,27). The van der Waals surface area contributed by atoms with Gasteiger partial charge in [0.2, 0.25) is 5.82 Å². The molecule has 1 aromatic heterocycles. The summed E-state index contributed by atoms with van der Waals surface area (Å²) in [6.07, 6.45) is -0.255. The van der Waals surface area contributed by atoms with E-state index < -0.39 is 36.0 Å². The van der Waals surface area contributed by atoms with Gasteiger partial charge in [-0.3, -0.25) is 0 Å². The lowest BCUT2D eigenvalue weighted by molar-refractivity contribution is 0.0551. The minimum Gasteiger partial charge on any atom is -0.336 e. The van der Waals surface area contributed by atoms with Crippen LogP contribution in [0.15, 0.2) is 40.9 Å². The fraction of sp³-hybridized carbons (Fsp3) is 0.176. The van der Waals surface area contributed by atoms with Crippen molar-refractivity contribution in [3.63, 3.8) is 0 Å². The van der Waals surface area contributed by atoms with Gasteiger partial charge in [0.05, 0.1) is 0 Å². The Kier molecular flexibility index (Phi) is 5.69. The molecule has 0 amide bonds. The number of aromatic nitrogens is 2. The van der Waals surface area contributed by atoms with E-state index in [0.717, 1.165) is 18.2 Å². The van der Waals surface area contributed by atoms with Crippen molar-refractivity contribution in [2.45, 2.75) is 11.5 Å². The van der Waals surface area contributed by atoms with Gasteiger partial charge in [0.15, 0.2) is 18.9 Å². The number of nitrogens with one attached hydrogen (secondary N) is 1. The predicted octanol–water partition coefficient (Wildman–Crippen LogP) is 5.96. The highest BCUT2D eigenvalue weighted by Gasteiger charge is 2.35. The quantitative estimate of drug-likeness (QED) is 0.284. The van der Waals surface area contributed by atoms with Crippen LogP contribution in [0.4, 0.5) is 27.6 Å². The lowest BCUT2D eigenvalue weighted by Gasteiger charge is -2.17. The van der Waals surface area contributed by atoms with Crippen LogP contribution in [-0.4, -0.2) is 16.8 Å². The largest absolute Gasteiger partial charge is 0.400 e. The highest BCUT2D eigenvalue weighted by atomic mass is 35.5. The van der Waals surface area contributed by atoms with Gasteiger partial charge in [-0.15, -0.1) is 0 Å². The molecule has 5 nitrogen and oxygen atoms in total. The van der Waals surface area contributed by atoms with Crippen LogP contribution in [0.1, 0.15) is 11.5 Å². The van der Waals surface area contributed by atoms with E-state index in [9.17, 15) is 26.5 Å². The lowest BCUT2D eigenvalue weighted by Crippen LogP contribution is -2.03. The number of halogens is 6. The van der Waals surface area contributed by atoms with Crippen molar-refractivity contribution in [2.24, 2.45) is 0 Å². The molecular formula is C17H12ClF5N3O2P. The molecule has 0 radical (unpaired) electrons. The van der Waals surface area contributed by atoms with Crippen LogP contribution < -0.4 is 5.09 Å². The van der Waals surface area contributed by atoms with Gasteiger partial charge in [-0.25, -0.2) is 13.2 Å². The topological polar surface area (TPSA) is 68.0 Å². The van der Waals surface area contributed by atoms with Crippen LogP contribution in [0.25, 0.3) is 11.4 Å². The molecule has 1 N–H and O–H groups in total. The average Bonchev–Trinajstić information content (AvgIpc) is 3.10. The van der Waals surface area contributed by atoms with Crippen LogP contribution in [0, 0.1) is 17.5 Å². The Morgan fingerprint density at radius 3 is 2.41 bits per heavy atom. The molecule has 0 aliphatic rings. The normalized spacial score (nSPS) is 13.9. The Hall–Kier alpha value is -2.45. The molecule has 3 rings (SSSR count). The van der Waals surface area contributed by atoms with Gasteiger partial charge in [-0.1, -0.05) is 17.3 Å². The first-order chi connectivity index (χ1) is 13.4. The molecule has 1 atom stereocenters. The van der Waals surface area contributed by atoms with Gasteiger partial charge in [0, 0.05) is 30.1 Å². The van der Waals surface area contributed by atoms with Crippen molar-refractivity contribution in [3.05, 3.63) is 65.3 Å². The first-order valence-electron chi connectivity index (χ1n) is 7.94. The fourth-order valence-electron chi connectivity index (χ4n) is 2.47. The summed E-state index contributed by atoms with van der Waals surface area (Å²) in [5.74, 6) is -4.40. The second-order valence-corrected chi connectivity index (χ2v) is 9.44. The molecule has 1 unspecified atom stereocenters. The van der Waals surface area contributed by atoms with E-state index in [-0.39, 0.29) is 28.8 Å². The summed E-state index contributed by atoms with van der Waals surface area (Å²) in [7, 11) is -3.25. The molecular weight excluding hydrogens is 440 g/mol. The van der Waals surface area contributed by atoms with Crippen molar-refractivity contribution in [1.29, 1.82) is 0 Å². The SMILES string of the molecule is CP(=O)(Cc1ccc(-c2noc(C(F)(F)Cl)n2)cc1F)Nc1ccc(F)c(F)c1. The number of hydrogen-bond donors (Lipinski definition) is 1. The highest BCUT2D eigenvalue weighted by molar-refractivity contribution is 7.63. The third-order valence-corrected chi connectivity index (χ3v) is 5.57. The summed E-state index contributed by atoms with van der Waals surface area (Å²) in [5, 5.41) is 2.03. The van der Waals surface area contributed by atoms with Crippen LogP contribution in [0.5, 0.6) is 0 Å². The van der Waals surface area contributed by atoms with Gasteiger partial charge in [0.25, 0.3) is 0 Å². The monoisotopic (exact) mass is 451 g/mol. The van der Waals surface area contributed by atoms with E-state index >= 15 is 0 Å². The van der Waals surface area contributed by atoms with Crippen LogP contribution in [0.2, 0.25) is 0 Å². The first kappa shape index (κ1) is 21.3. The minimum atomic E-state index is -3.86. The van der Waals surface area contributed by atoms with Gasteiger partial charge in [0.1, 0.15) is 5.82 Å². The average molecular weight is 452 g/mol. The molecule has 1 heterocycles. The van der Waals surface area contributed by atoms with E-state index in [4.69, 9.17) is 11.6 Å². The van der Waals surface area contributed by atoms with Gasteiger partial charge in [-0.05, 0) is 35.4 Å². The van der Waals surface area contributed by atoms with Crippen molar-refractivity contribution >= 4 is 24.6 Å². The zero-order valence-corrected chi connectivity index (χ0v) is 16.2. The summed E-state index contributed by atoms with van der Waals surface area (Å²) in [6, 6.07) is 6.49. The molecule has 29 heavy (non-hydrogen) atoms. The maximum atomic E-state index is 14.4. The lowest BCUT2D eigenvalue weighted by atomic mass is 10.1. The second-order valence-electron chi connectivity index (χ2n) is 6.23. The summed E-state index contributed by atoms with van der Waals surface area (Å²) in [5.41, 5.74) is 0.163. The molecule has 0 aliphatic heterocycles. The van der Waals surface area contributed by atoms with E-state index in [1.807, 2.05) is 0 Å². The predicted molar refractivity (Wildman–Crippen MR) is 96.7 cm³/mol. The Labute approximate surface area is 166 Å².